The number of aromatic nitrogens is 1. The van der Waals surface area contributed by atoms with E-state index in [0.717, 1.165) is 25.1 Å². The number of hydrogen-bond acceptors (Lipinski definition) is 4. The van der Waals surface area contributed by atoms with E-state index in [9.17, 15) is 0 Å². The summed E-state index contributed by atoms with van der Waals surface area (Å²) in [6.07, 6.45) is 5.82. The number of nitrogens with zero attached hydrogens (tertiary/aromatic N) is 1. The van der Waals surface area contributed by atoms with Crippen LogP contribution >= 0.6 is 11.3 Å². The molecular weight excluding hydrogens is 268 g/mol. The van der Waals surface area contributed by atoms with Gasteiger partial charge in [-0.3, -0.25) is 4.98 Å². The number of rotatable bonds is 8. The first-order valence-corrected chi connectivity index (χ1v) is 8.10. The Balaban J connectivity index is 2.14. The van der Waals surface area contributed by atoms with E-state index in [1.807, 2.05) is 13.1 Å². The lowest BCUT2D eigenvalue weighted by Gasteiger charge is -2.19. The minimum atomic E-state index is 0.289. The van der Waals surface area contributed by atoms with Gasteiger partial charge in [-0.1, -0.05) is 6.92 Å². The van der Waals surface area contributed by atoms with Gasteiger partial charge in [-0.05, 0) is 60.3 Å². The summed E-state index contributed by atoms with van der Waals surface area (Å²) in [5, 5.41) is 7.94. The molecule has 2 heterocycles. The van der Waals surface area contributed by atoms with E-state index in [-0.39, 0.29) is 6.04 Å². The predicted molar refractivity (Wildman–Crippen MR) is 84.5 cm³/mol. The van der Waals surface area contributed by atoms with E-state index in [1.165, 1.54) is 11.1 Å². The van der Waals surface area contributed by atoms with Crippen LogP contribution in [0.15, 0.2) is 35.3 Å². The Morgan fingerprint density at radius 2 is 2.25 bits per heavy atom. The molecule has 0 saturated heterocycles. The Bertz CT molecular complexity index is 499. The molecule has 20 heavy (non-hydrogen) atoms. The second-order valence-electron chi connectivity index (χ2n) is 4.73. The molecule has 0 spiro atoms. The van der Waals surface area contributed by atoms with Gasteiger partial charge in [-0.2, -0.15) is 11.3 Å². The Morgan fingerprint density at radius 1 is 1.35 bits per heavy atom. The molecule has 0 amide bonds. The average Bonchev–Trinajstić information content (AvgIpc) is 2.97. The summed E-state index contributed by atoms with van der Waals surface area (Å²) in [6.45, 7) is 5.85. The van der Waals surface area contributed by atoms with Crippen molar-refractivity contribution in [2.45, 2.75) is 32.7 Å². The third-order valence-electron chi connectivity index (χ3n) is 3.11. The van der Waals surface area contributed by atoms with Crippen molar-refractivity contribution >= 4 is 11.3 Å². The Morgan fingerprint density at radius 3 is 2.95 bits per heavy atom. The van der Waals surface area contributed by atoms with Gasteiger partial charge in [0.2, 0.25) is 0 Å². The quantitative estimate of drug-likeness (QED) is 0.802. The van der Waals surface area contributed by atoms with Gasteiger partial charge in [-0.15, -0.1) is 0 Å². The minimum absolute atomic E-state index is 0.289. The molecule has 2 aromatic heterocycles. The molecule has 0 radical (unpaired) electrons. The number of thiophene rings is 1. The van der Waals surface area contributed by atoms with Crippen molar-refractivity contribution in [1.82, 2.24) is 10.3 Å². The molecule has 1 atom stereocenters. The van der Waals surface area contributed by atoms with Crippen LogP contribution in [0.5, 0.6) is 5.75 Å². The van der Waals surface area contributed by atoms with Crippen LogP contribution in [0.2, 0.25) is 0 Å². The van der Waals surface area contributed by atoms with E-state index < -0.39 is 0 Å². The molecule has 0 bridgehead atoms. The van der Waals surface area contributed by atoms with Crippen LogP contribution in [-0.2, 0) is 6.42 Å². The van der Waals surface area contributed by atoms with Crippen LogP contribution in [0.1, 0.15) is 37.4 Å². The van der Waals surface area contributed by atoms with Crippen LogP contribution < -0.4 is 10.1 Å². The predicted octanol–water partition coefficient (Wildman–Crippen LogP) is 3.83. The van der Waals surface area contributed by atoms with Crippen molar-refractivity contribution in [1.29, 1.82) is 0 Å². The first-order valence-electron chi connectivity index (χ1n) is 7.15. The molecule has 0 aliphatic heterocycles. The highest BCUT2D eigenvalue weighted by atomic mass is 32.1. The van der Waals surface area contributed by atoms with Crippen molar-refractivity contribution in [3.63, 3.8) is 0 Å². The Hall–Kier alpha value is -1.39. The second kappa shape index (κ2) is 8.02. The third-order valence-corrected chi connectivity index (χ3v) is 3.84. The fraction of sp³-hybridized carbons (Fsp3) is 0.438. The number of hydrogen-bond donors (Lipinski definition) is 1. The van der Waals surface area contributed by atoms with Crippen molar-refractivity contribution < 1.29 is 4.74 Å². The van der Waals surface area contributed by atoms with E-state index in [0.29, 0.717) is 6.61 Å². The van der Waals surface area contributed by atoms with Crippen LogP contribution in [-0.4, -0.2) is 18.1 Å². The number of pyridine rings is 1. The summed E-state index contributed by atoms with van der Waals surface area (Å²) in [5.41, 5.74) is 2.56. The average molecular weight is 290 g/mol. The van der Waals surface area contributed by atoms with Gasteiger partial charge in [-0.25, -0.2) is 0 Å². The molecule has 0 saturated carbocycles. The highest BCUT2D eigenvalue weighted by Crippen LogP contribution is 2.22. The molecule has 1 N–H and O–H groups in total. The first-order chi connectivity index (χ1) is 9.83. The minimum Gasteiger partial charge on any atom is -0.492 e. The maximum Gasteiger partial charge on any atom is 0.137 e. The van der Waals surface area contributed by atoms with Gasteiger partial charge in [0.25, 0.3) is 0 Å². The molecule has 4 heteroatoms. The van der Waals surface area contributed by atoms with Gasteiger partial charge in [0.15, 0.2) is 0 Å². The summed E-state index contributed by atoms with van der Waals surface area (Å²) in [5.74, 6) is 0.846. The molecule has 0 aliphatic rings. The normalized spacial score (nSPS) is 12.3. The summed E-state index contributed by atoms with van der Waals surface area (Å²) in [6, 6.07) is 4.57. The zero-order valence-corrected chi connectivity index (χ0v) is 13.0. The molecular formula is C16H22N2OS. The maximum absolute atomic E-state index is 5.55. The largest absolute Gasteiger partial charge is 0.492 e. The van der Waals surface area contributed by atoms with E-state index in [1.54, 1.807) is 17.5 Å². The van der Waals surface area contributed by atoms with E-state index in [2.05, 4.69) is 40.1 Å². The van der Waals surface area contributed by atoms with Gasteiger partial charge < -0.3 is 10.1 Å². The van der Waals surface area contributed by atoms with Crippen LogP contribution in [0.4, 0.5) is 0 Å². The summed E-state index contributed by atoms with van der Waals surface area (Å²) in [7, 11) is 0. The van der Waals surface area contributed by atoms with E-state index in [4.69, 9.17) is 4.74 Å². The van der Waals surface area contributed by atoms with Gasteiger partial charge in [0.1, 0.15) is 5.75 Å². The molecule has 3 nitrogen and oxygen atoms in total. The zero-order valence-electron chi connectivity index (χ0n) is 12.1. The van der Waals surface area contributed by atoms with Crippen molar-refractivity contribution in [2.75, 3.05) is 13.2 Å². The molecule has 2 rings (SSSR count). The lowest BCUT2D eigenvalue weighted by molar-refractivity contribution is 0.337. The SMILES string of the molecule is CCCNC(Cc1ccsc1)c1cncc(OCC)c1. The molecule has 2 aromatic rings. The summed E-state index contributed by atoms with van der Waals surface area (Å²) >= 11 is 1.74. The number of nitrogens with one attached hydrogen (secondary N) is 1. The second-order valence-corrected chi connectivity index (χ2v) is 5.51. The van der Waals surface area contributed by atoms with Gasteiger partial charge >= 0.3 is 0 Å². The van der Waals surface area contributed by atoms with Crippen molar-refractivity contribution in [2.24, 2.45) is 0 Å². The summed E-state index contributed by atoms with van der Waals surface area (Å²) in [4.78, 5) is 4.30. The third kappa shape index (κ3) is 4.32. The number of ether oxygens (including phenoxy) is 1. The van der Waals surface area contributed by atoms with Crippen LogP contribution in [0.25, 0.3) is 0 Å². The fourth-order valence-corrected chi connectivity index (χ4v) is 2.82. The van der Waals surface area contributed by atoms with Crippen LogP contribution in [0, 0.1) is 0 Å². The van der Waals surface area contributed by atoms with Gasteiger partial charge in [0, 0.05) is 12.2 Å². The highest BCUT2D eigenvalue weighted by molar-refractivity contribution is 7.07. The smallest absolute Gasteiger partial charge is 0.137 e. The van der Waals surface area contributed by atoms with Crippen LogP contribution in [0.3, 0.4) is 0 Å². The monoisotopic (exact) mass is 290 g/mol. The van der Waals surface area contributed by atoms with Crippen molar-refractivity contribution in [3.8, 4) is 5.75 Å². The molecule has 0 aliphatic carbocycles. The lowest BCUT2D eigenvalue weighted by Crippen LogP contribution is -2.24. The Kier molecular flexibility index (Phi) is 6.02. The first kappa shape index (κ1) is 15.0. The summed E-state index contributed by atoms with van der Waals surface area (Å²) < 4.78 is 5.55. The molecule has 0 fully saturated rings. The topological polar surface area (TPSA) is 34.2 Å². The van der Waals surface area contributed by atoms with Crippen molar-refractivity contribution in [3.05, 3.63) is 46.4 Å². The highest BCUT2D eigenvalue weighted by Gasteiger charge is 2.13. The molecule has 1 unspecified atom stereocenters. The van der Waals surface area contributed by atoms with Gasteiger partial charge in [0.05, 0.1) is 12.8 Å². The van der Waals surface area contributed by atoms with E-state index >= 15 is 0 Å². The standard InChI is InChI=1S/C16H22N2OS/c1-3-6-18-16(8-13-5-7-20-12-13)14-9-15(19-4-2)11-17-10-14/h5,7,9-12,16,18H,3-4,6,8H2,1-2H3. The molecule has 108 valence electrons. The lowest BCUT2D eigenvalue weighted by atomic mass is 10.0. The molecule has 0 aromatic carbocycles. The Labute approximate surface area is 125 Å². The maximum atomic E-state index is 5.55. The zero-order chi connectivity index (χ0) is 14.2. The fourth-order valence-electron chi connectivity index (χ4n) is 2.14.